The van der Waals surface area contributed by atoms with Crippen molar-refractivity contribution in [2.75, 3.05) is 11.9 Å². The van der Waals surface area contributed by atoms with Crippen molar-refractivity contribution in [3.63, 3.8) is 0 Å². The molecule has 0 spiro atoms. The Kier molecular flexibility index (Phi) is 6.58. The Labute approximate surface area is 156 Å². The predicted molar refractivity (Wildman–Crippen MR) is 97.0 cm³/mol. The highest BCUT2D eigenvalue weighted by molar-refractivity contribution is 6.33. The summed E-state index contributed by atoms with van der Waals surface area (Å²) < 4.78 is 23.4. The predicted octanol–water partition coefficient (Wildman–Crippen LogP) is 4.05. The molecule has 0 aliphatic heterocycles. The number of esters is 1. The number of aryl methyl sites for hydroxylation is 2. The first-order valence-electron chi connectivity index (χ1n) is 7.91. The number of hydrogen-bond acceptors (Lipinski definition) is 4. The van der Waals surface area contributed by atoms with Crippen LogP contribution in [0.25, 0.3) is 0 Å². The van der Waals surface area contributed by atoms with Crippen LogP contribution in [-0.2, 0) is 14.3 Å². The van der Waals surface area contributed by atoms with Crippen molar-refractivity contribution in [2.45, 2.75) is 26.9 Å². The van der Waals surface area contributed by atoms with E-state index in [1.807, 2.05) is 19.9 Å². The molecule has 1 atom stereocenters. The normalized spacial score (nSPS) is 11.6. The van der Waals surface area contributed by atoms with Crippen LogP contribution >= 0.6 is 11.6 Å². The molecule has 0 unspecified atom stereocenters. The fourth-order valence-electron chi connectivity index (χ4n) is 2.27. The number of carbonyl (C=O) groups excluding carboxylic acids is 2. The van der Waals surface area contributed by atoms with Gasteiger partial charge in [-0.15, -0.1) is 0 Å². The van der Waals surface area contributed by atoms with E-state index in [1.54, 1.807) is 12.1 Å². The minimum absolute atomic E-state index is 0.0510. The van der Waals surface area contributed by atoms with Crippen LogP contribution in [-0.4, -0.2) is 24.6 Å². The van der Waals surface area contributed by atoms with Gasteiger partial charge < -0.3 is 14.8 Å². The molecule has 26 heavy (non-hydrogen) atoms. The Morgan fingerprint density at radius 2 is 1.81 bits per heavy atom. The number of nitrogens with one attached hydrogen (secondary N) is 1. The van der Waals surface area contributed by atoms with Gasteiger partial charge in [0.25, 0.3) is 5.91 Å². The average molecular weight is 380 g/mol. The second-order valence-corrected chi connectivity index (χ2v) is 6.26. The summed E-state index contributed by atoms with van der Waals surface area (Å²) >= 11 is 5.84. The molecule has 1 amide bonds. The molecule has 7 heteroatoms. The van der Waals surface area contributed by atoms with Gasteiger partial charge in [0.1, 0.15) is 11.6 Å². The van der Waals surface area contributed by atoms with Crippen molar-refractivity contribution in [1.82, 2.24) is 0 Å². The summed E-state index contributed by atoms with van der Waals surface area (Å²) in [5.74, 6) is -1.24. The van der Waals surface area contributed by atoms with Crippen LogP contribution in [0.1, 0.15) is 18.1 Å². The Hall–Kier alpha value is -2.60. The first kappa shape index (κ1) is 19.7. The minimum atomic E-state index is -1.06. The highest BCUT2D eigenvalue weighted by Crippen LogP contribution is 2.22. The number of halogens is 2. The van der Waals surface area contributed by atoms with E-state index in [1.165, 1.54) is 13.0 Å². The molecule has 2 rings (SSSR count). The Morgan fingerprint density at radius 3 is 2.42 bits per heavy atom. The van der Waals surface area contributed by atoms with Crippen molar-refractivity contribution < 1.29 is 23.5 Å². The number of ether oxygens (including phenoxy) is 2. The van der Waals surface area contributed by atoms with Crippen LogP contribution in [0.4, 0.5) is 10.1 Å². The molecular formula is C19H19ClFNO4. The maximum atomic E-state index is 13.0. The van der Waals surface area contributed by atoms with E-state index in [2.05, 4.69) is 5.32 Å². The molecule has 0 radical (unpaired) electrons. The van der Waals surface area contributed by atoms with E-state index in [9.17, 15) is 14.0 Å². The molecule has 2 aromatic carbocycles. The van der Waals surface area contributed by atoms with Crippen LogP contribution < -0.4 is 10.1 Å². The number of carbonyl (C=O) groups is 2. The highest BCUT2D eigenvalue weighted by Gasteiger charge is 2.19. The van der Waals surface area contributed by atoms with Gasteiger partial charge in [0.15, 0.2) is 12.7 Å². The monoisotopic (exact) mass is 379 g/mol. The minimum Gasteiger partial charge on any atom is -0.482 e. The first-order chi connectivity index (χ1) is 12.2. The number of benzene rings is 2. The average Bonchev–Trinajstić information content (AvgIpc) is 2.54. The molecule has 2 aromatic rings. The van der Waals surface area contributed by atoms with Crippen LogP contribution in [0.15, 0.2) is 36.4 Å². The van der Waals surface area contributed by atoms with Crippen LogP contribution in [0, 0.1) is 19.7 Å². The summed E-state index contributed by atoms with van der Waals surface area (Å²) in [7, 11) is 0. The fraction of sp³-hybridized carbons (Fsp3) is 0.263. The fourth-order valence-corrected chi connectivity index (χ4v) is 2.48. The third-order valence-electron chi connectivity index (χ3n) is 3.42. The summed E-state index contributed by atoms with van der Waals surface area (Å²) in [6.45, 7) is 4.94. The quantitative estimate of drug-likeness (QED) is 0.769. The van der Waals surface area contributed by atoms with E-state index in [-0.39, 0.29) is 17.3 Å². The molecule has 0 fully saturated rings. The van der Waals surface area contributed by atoms with Crippen molar-refractivity contribution in [3.8, 4) is 5.75 Å². The third-order valence-corrected chi connectivity index (χ3v) is 3.73. The molecule has 0 saturated heterocycles. The van der Waals surface area contributed by atoms with Crippen LogP contribution in [0.2, 0.25) is 5.02 Å². The summed E-state index contributed by atoms with van der Waals surface area (Å²) in [5.41, 5.74) is 2.25. The molecule has 5 nitrogen and oxygen atoms in total. The third kappa shape index (κ3) is 5.74. The Morgan fingerprint density at radius 1 is 1.15 bits per heavy atom. The van der Waals surface area contributed by atoms with Gasteiger partial charge in [-0.1, -0.05) is 17.7 Å². The topological polar surface area (TPSA) is 64.6 Å². The van der Waals surface area contributed by atoms with Gasteiger partial charge in [0.2, 0.25) is 0 Å². The van der Waals surface area contributed by atoms with Gasteiger partial charge >= 0.3 is 5.97 Å². The molecule has 0 aromatic heterocycles. The first-order valence-corrected chi connectivity index (χ1v) is 8.29. The largest absolute Gasteiger partial charge is 0.482 e. The Balaban J connectivity index is 1.86. The van der Waals surface area contributed by atoms with Crippen LogP contribution in [0.5, 0.6) is 5.75 Å². The molecule has 1 N–H and O–H groups in total. The maximum Gasteiger partial charge on any atom is 0.344 e. The van der Waals surface area contributed by atoms with E-state index in [0.717, 1.165) is 23.3 Å². The van der Waals surface area contributed by atoms with E-state index >= 15 is 0 Å². The molecular weight excluding hydrogens is 361 g/mol. The number of amides is 1. The second-order valence-electron chi connectivity index (χ2n) is 5.86. The number of hydrogen-bond donors (Lipinski definition) is 1. The van der Waals surface area contributed by atoms with Gasteiger partial charge in [-0.3, -0.25) is 4.79 Å². The zero-order chi connectivity index (χ0) is 19.3. The lowest BCUT2D eigenvalue weighted by molar-refractivity contribution is -0.155. The smallest absolute Gasteiger partial charge is 0.344 e. The zero-order valence-corrected chi connectivity index (χ0v) is 15.4. The van der Waals surface area contributed by atoms with Crippen molar-refractivity contribution in [3.05, 3.63) is 58.4 Å². The summed E-state index contributed by atoms with van der Waals surface area (Å²) in [4.78, 5) is 23.9. The molecule has 0 bridgehead atoms. The molecule has 138 valence electrons. The standard InChI is InChI=1S/C19H19ClFNO4/c1-11-6-12(2)8-15(7-11)25-10-18(23)26-13(3)19(24)22-17-5-4-14(21)9-16(17)20/h4-9,13H,10H2,1-3H3,(H,22,24)/t13-/m0/s1. The Bertz CT molecular complexity index is 805. The summed E-state index contributed by atoms with van der Waals surface area (Å²) in [5, 5.41) is 2.53. The lowest BCUT2D eigenvalue weighted by atomic mass is 10.1. The highest BCUT2D eigenvalue weighted by atomic mass is 35.5. The number of anilines is 1. The van der Waals surface area contributed by atoms with Gasteiger partial charge in [-0.2, -0.15) is 0 Å². The van der Waals surface area contributed by atoms with Gasteiger partial charge in [-0.05, 0) is 62.2 Å². The van der Waals surface area contributed by atoms with E-state index in [4.69, 9.17) is 21.1 Å². The van der Waals surface area contributed by atoms with Gasteiger partial charge in [0, 0.05) is 0 Å². The molecule has 0 aliphatic carbocycles. The second kappa shape index (κ2) is 8.67. The molecule has 0 saturated carbocycles. The summed E-state index contributed by atoms with van der Waals surface area (Å²) in [6, 6.07) is 9.15. The number of rotatable bonds is 6. The van der Waals surface area contributed by atoms with Crippen molar-refractivity contribution in [1.29, 1.82) is 0 Å². The molecule has 0 heterocycles. The SMILES string of the molecule is Cc1cc(C)cc(OCC(=O)O[C@@H](C)C(=O)Nc2ccc(F)cc2Cl)c1. The van der Waals surface area contributed by atoms with Gasteiger partial charge in [-0.25, -0.2) is 9.18 Å². The zero-order valence-electron chi connectivity index (χ0n) is 14.6. The molecule has 0 aliphatic rings. The van der Waals surface area contributed by atoms with Crippen molar-refractivity contribution >= 4 is 29.2 Å². The lowest BCUT2D eigenvalue weighted by Crippen LogP contribution is -2.31. The lowest BCUT2D eigenvalue weighted by Gasteiger charge is -2.15. The van der Waals surface area contributed by atoms with Gasteiger partial charge in [0.05, 0.1) is 10.7 Å². The van der Waals surface area contributed by atoms with Crippen molar-refractivity contribution in [2.24, 2.45) is 0 Å². The maximum absolute atomic E-state index is 13.0. The summed E-state index contributed by atoms with van der Waals surface area (Å²) in [6.07, 6.45) is -1.06. The van der Waals surface area contributed by atoms with Crippen LogP contribution in [0.3, 0.4) is 0 Å². The van der Waals surface area contributed by atoms with E-state index < -0.39 is 23.8 Å². The van der Waals surface area contributed by atoms with E-state index in [0.29, 0.717) is 5.75 Å².